The van der Waals surface area contributed by atoms with Crippen LogP contribution in [0.4, 0.5) is 13.2 Å². The van der Waals surface area contributed by atoms with Gasteiger partial charge < -0.3 is 9.32 Å². The van der Waals surface area contributed by atoms with Crippen molar-refractivity contribution in [3.05, 3.63) is 70.6 Å². The fourth-order valence-electron chi connectivity index (χ4n) is 4.26. The van der Waals surface area contributed by atoms with Crippen molar-refractivity contribution in [1.82, 2.24) is 19.2 Å². The van der Waals surface area contributed by atoms with E-state index in [2.05, 4.69) is 16.0 Å². The number of alkyl halides is 3. The van der Waals surface area contributed by atoms with Crippen molar-refractivity contribution in [1.29, 1.82) is 0 Å². The third-order valence-corrected chi connectivity index (χ3v) is 6.38. The molecule has 2 aliphatic heterocycles. The van der Waals surface area contributed by atoms with Gasteiger partial charge in [-0.05, 0) is 36.7 Å². The Morgan fingerprint density at radius 3 is 2.58 bits per heavy atom. The molecule has 2 aliphatic rings. The lowest BCUT2D eigenvalue weighted by atomic mass is 10.00. The largest absolute Gasteiger partial charge is 0.472 e. The minimum atomic E-state index is -4.68. The Morgan fingerprint density at radius 2 is 1.97 bits per heavy atom. The summed E-state index contributed by atoms with van der Waals surface area (Å²) in [5, 5.41) is -0.152. The number of fused-ring (bicyclic) bond motifs is 1. The van der Waals surface area contributed by atoms with Crippen LogP contribution in [0.5, 0.6) is 0 Å². The van der Waals surface area contributed by atoms with E-state index in [-0.39, 0.29) is 16.4 Å². The predicted octanol–water partition coefficient (Wildman–Crippen LogP) is 4.91. The minimum absolute atomic E-state index is 0.152. The molecule has 1 amide bonds. The number of pyridine rings is 1. The van der Waals surface area contributed by atoms with E-state index in [0.717, 1.165) is 23.6 Å². The molecule has 0 saturated carbocycles. The fourth-order valence-corrected chi connectivity index (χ4v) is 4.51. The van der Waals surface area contributed by atoms with Gasteiger partial charge in [0.2, 0.25) is 0 Å². The van der Waals surface area contributed by atoms with Crippen LogP contribution in [0.1, 0.15) is 22.5 Å². The van der Waals surface area contributed by atoms with E-state index in [9.17, 15) is 18.0 Å². The first kappa shape index (κ1) is 21.8. The first-order valence-corrected chi connectivity index (χ1v) is 10.8. The third-order valence-electron chi connectivity index (χ3n) is 6.02. The average Bonchev–Trinajstić information content (AvgIpc) is 3.53. The first-order chi connectivity index (χ1) is 15.7. The van der Waals surface area contributed by atoms with Gasteiger partial charge in [-0.3, -0.25) is 14.1 Å². The summed E-state index contributed by atoms with van der Waals surface area (Å²) < 4.78 is 47.6. The molecule has 0 unspecified atom stereocenters. The van der Waals surface area contributed by atoms with Gasteiger partial charge in [0.05, 0.1) is 18.1 Å². The number of hydrogen-bond donors (Lipinski definition) is 0. The van der Waals surface area contributed by atoms with Crippen molar-refractivity contribution in [3.63, 3.8) is 0 Å². The topological polar surface area (TPSA) is 54.0 Å². The second kappa shape index (κ2) is 8.07. The highest BCUT2D eigenvalue weighted by atomic mass is 35.5. The lowest BCUT2D eigenvalue weighted by Crippen LogP contribution is -2.35. The van der Waals surface area contributed by atoms with Crippen LogP contribution < -0.4 is 0 Å². The number of halogens is 4. The van der Waals surface area contributed by atoms with Gasteiger partial charge in [0, 0.05) is 43.5 Å². The molecule has 6 nitrogen and oxygen atoms in total. The second-order valence-electron chi connectivity index (χ2n) is 8.25. The van der Waals surface area contributed by atoms with E-state index >= 15 is 0 Å². The summed E-state index contributed by atoms with van der Waals surface area (Å²) in [6, 6.07) is 2.54. The summed E-state index contributed by atoms with van der Waals surface area (Å²) in [4.78, 5) is 21.0. The van der Waals surface area contributed by atoms with Crippen LogP contribution in [0.25, 0.3) is 16.8 Å². The van der Waals surface area contributed by atoms with E-state index in [4.69, 9.17) is 16.0 Å². The van der Waals surface area contributed by atoms with Gasteiger partial charge in [-0.15, -0.1) is 0 Å². The van der Waals surface area contributed by atoms with Gasteiger partial charge in [-0.1, -0.05) is 23.8 Å². The number of furan rings is 1. The highest BCUT2D eigenvalue weighted by Gasteiger charge is 2.36. The van der Waals surface area contributed by atoms with Crippen molar-refractivity contribution in [2.24, 2.45) is 0 Å². The van der Waals surface area contributed by atoms with Crippen LogP contribution in [0.2, 0.25) is 5.15 Å². The van der Waals surface area contributed by atoms with Crippen LogP contribution in [0.15, 0.2) is 58.6 Å². The van der Waals surface area contributed by atoms with Crippen LogP contribution in [-0.2, 0) is 6.18 Å². The number of carbonyl (C=O) groups is 1. The molecule has 0 N–H and O–H groups in total. The van der Waals surface area contributed by atoms with Crippen molar-refractivity contribution in [2.45, 2.75) is 12.6 Å². The van der Waals surface area contributed by atoms with Crippen molar-refractivity contribution >= 4 is 23.2 Å². The second-order valence-corrected chi connectivity index (χ2v) is 8.61. The van der Waals surface area contributed by atoms with Gasteiger partial charge in [-0.25, -0.2) is 4.98 Å². The number of aromatic nitrogens is 2. The number of imidazole rings is 1. The maximum atomic E-state index is 13.8. The van der Waals surface area contributed by atoms with Crippen molar-refractivity contribution in [3.8, 4) is 11.1 Å². The molecule has 172 valence electrons. The quantitative estimate of drug-likeness (QED) is 0.539. The van der Waals surface area contributed by atoms with Gasteiger partial charge in [0.25, 0.3) is 5.91 Å². The number of carbonyl (C=O) groups excluding carboxylic acids is 1. The fraction of sp³-hybridized carbons (Fsp3) is 0.304. The van der Waals surface area contributed by atoms with E-state index in [1.54, 1.807) is 11.0 Å². The first-order valence-electron chi connectivity index (χ1n) is 10.4. The zero-order valence-electron chi connectivity index (χ0n) is 17.7. The zero-order valence-corrected chi connectivity index (χ0v) is 18.5. The molecule has 0 bridgehead atoms. The molecule has 3 aromatic heterocycles. The van der Waals surface area contributed by atoms with Crippen molar-refractivity contribution < 1.29 is 22.4 Å². The minimum Gasteiger partial charge on any atom is -0.472 e. The van der Waals surface area contributed by atoms with Crippen LogP contribution in [0, 0.1) is 0 Å². The standard InChI is InChI=1S/C23H20ClF3N4O2/c1-29-6-2-15(11-29)14-3-7-30(8-4-14)22(32)19-20(24)31-12-17(16-5-9-33-13-16)10-18(21(31)28-19)23(25,26)27/h2-3,5,9-10,12-13H,4,6-8,11H2,1H3. The summed E-state index contributed by atoms with van der Waals surface area (Å²) in [5.74, 6) is -0.491. The highest BCUT2D eigenvalue weighted by Crippen LogP contribution is 2.37. The van der Waals surface area contributed by atoms with E-state index < -0.39 is 23.3 Å². The number of nitrogens with zero attached hydrogens (tertiary/aromatic N) is 4. The lowest BCUT2D eigenvalue weighted by Gasteiger charge is -2.26. The van der Waals surface area contributed by atoms with Crippen LogP contribution in [-0.4, -0.2) is 58.3 Å². The Hall–Kier alpha value is -3.04. The molecule has 0 aromatic carbocycles. The Labute approximate surface area is 192 Å². The maximum Gasteiger partial charge on any atom is 0.420 e. The molecule has 10 heteroatoms. The van der Waals surface area contributed by atoms with E-state index in [0.29, 0.717) is 25.1 Å². The number of rotatable bonds is 3. The summed E-state index contributed by atoms with van der Waals surface area (Å²) >= 11 is 6.41. The number of likely N-dealkylation sites (N-methyl/N-ethyl adjacent to an activating group) is 1. The van der Waals surface area contributed by atoms with Gasteiger partial charge >= 0.3 is 6.18 Å². The molecule has 0 radical (unpaired) electrons. The number of amides is 1. The Kier molecular flexibility index (Phi) is 5.33. The summed E-state index contributed by atoms with van der Waals surface area (Å²) in [5.41, 5.74) is 1.60. The molecular weight excluding hydrogens is 457 g/mol. The maximum absolute atomic E-state index is 13.8. The normalized spacial score (nSPS) is 17.5. The molecule has 0 spiro atoms. The van der Waals surface area contributed by atoms with E-state index in [1.165, 1.54) is 29.9 Å². The molecule has 0 fully saturated rings. The average molecular weight is 477 g/mol. The molecular formula is C23H20ClF3N4O2. The molecule has 0 atom stereocenters. The summed E-state index contributed by atoms with van der Waals surface area (Å²) in [6.45, 7) is 2.57. The Bertz CT molecular complexity index is 1290. The molecule has 0 aliphatic carbocycles. The highest BCUT2D eigenvalue weighted by molar-refractivity contribution is 6.33. The van der Waals surface area contributed by atoms with Crippen LogP contribution in [0.3, 0.4) is 0 Å². The van der Waals surface area contributed by atoms with Gasteiger partial charge in [0.15, 0.2) is 11.3 Å². The Morgan fingerprint density at radius 1 is 1.18 bits per heavy atom. The molecule has 3 aromatic rings. The smallest absolute Gasteiger partial charge is 0.420 e. The Balaban J connectivity index is 1.49. The van der Waals surface area contributed by atoms with E-state index in [1.807, 2.05) is 13.1 Å². The monoisotopic (exact) mass is 476 g/mol. The van der Waals surface area contributed by atoms with Gasteiger partial charge in [-0.2, -0.15) is 13.2 Å². The summed E-state index contributed by atoms with van der Waals surface area (Å²) in [6.07, 6.45) is 4.31. The predicted molar refractivity (Wildman–Crippen MR) is 117 cm³/mol. The molecule has 5 heterocycles. The molecule has 33 heavy (non-hydrogen) atoms. The van der Waals surface area contributed by atoms with Crippen LogP contribution >= 0.6 is 11.6 Å². The number of hydrogen-bond acceptors (Lipinski definition) is 4. The molecule has 0 saturated heterocycles. The third kappa shape index (κ3) is 3.95. The summed E-state index contributed by atoms with van der Waals surface area (Å²) in [7, 11) is 2.04. The molecule has 5 rings (SSSR count). The zero-order chi connectivity index (χ0) is 23.3. The lowest BCUT2D eigenvalue weighted by molar-refractivity contribution is -0.136. The SMILES string of the molecule is CN1CC=C(C2=CCN(C(=O)c3nc4c(C(F)(F)F)cc(-c5ccoc5)cn4c3Cl)CC2)C1. The van der Waals surface area contributed by atoms with Gasteiger partial charge in [0.1, 0.15) is 5.15 Å². The van der Waals surface area contributed by atoms with Crippen molar-refractivity contribution in [2.75, 3.05) is 33.2 Å².